The molecule has 2 saturated heterocycles. The van der Waals surface area contributed by atoms with Crippen LogP contribution >= 0.6 is 0 Å². The highest BCUT2D eigenvalue weighted by Crippen LogP contribution is 2.79. The topological polar surface area (TPSA) is 59.1 Å². The second kappa shape index (κ2) is 5.48. The maximum absolute atomic E-state index is 14.0. The van der Waals surface area contributed by atoms with Crippen LogP contribution in [0.4, 0.5) is 0 Å². The fourth-order valence-electron chi connectivity index (χ4n) is 8.54. The molecule has 3 fully saturated rings. The molecular formula is C26H30N2O4. The van der Waals surface area contributed by atoms with E-state index in [1.54, 1.807) is 0 Å². The minimum atomic E-state index is -0.707. The fraction of sp³-hybridized carbons (Fsp3) is 0.615. The van der Waals surface area contributed by atoms with Gasteiger partial charge in [-0.3, -0.25) is 9.59 Å². The van der Waals surface area contributed by atoms with E-state index in [0.717, 1.165) is 18.4 Å². The summed E-state index contributed by atoms with van der Waals surface area (Å²) in [6.07, 6.45) is 10.3. The van der Waals surface area contributed by atoms with Crippen LogP contribution in [0.15, 0.2) is 46.6 Å². The number of carbonyl (C=O) groups excluding carboxylic acids is 2. The fourth-order valence-corrected chi connectivity index (χ4v) is 8.54. The van der Waals surface area contributed by atoms with Crippen LogP contribution in [0.5, 0.6) is 0 Å². The molecule has 4 bridgehead atoms. The van der Waals surface area contributed by atoms with Gasteiger partial charge in [0.2, 0.25) is 11.8 Å². The number of hydrogen-bond acceptors (Lipinski definition) is 4. The van der Waals surface area contributed by atoms with Crippen molar-refractivity contribution in [3.8, 4) is 0 Å². The molecule has 1 saturated carbocycles. The number of rotatable bonds is 0. The van der Waals surface area contributed by atoms with Crippen LogP contribution in [0.2, 0.25) is 0 Å². The van der Waals surface area contributed by atoms with Gasteiger partial charge in [-0.05, 0) is 36.5 Å². The van der Waals surface area contributed by atoms with Gasteiger partial charge in [-0.25, -0.2) is 0 Å². The summed E-state index contributed by atoms with van der Waals surface area (Å²) >= 11 is 0. The van der Waals surface area contributed by atoms with Gasteiger partial charge in [0, 0.05) is 24.9 Å². The van der Waals surface area contributed by atoms with Crippen molar-refractivity contribution in [2.24, 2.45) is 21.7 Å². The SMILES string of the molecule is C/C1=C2\C3=C4/COC[C@]45C=C[C@H](C[C@]3(C)[C@]23COC[C@]32C=C[C@H](C1)N(C)C2=O)N(C)C5=O. The van der Waals surface area contributed by atoms with E-state index in [1.165, 1.54) is 16.7 Å². The molecule has 32 heavy (non-hydrogen) atoms. The molecule has 0 aromatic heterocycles. The molecule has 0 aromatic carbocycles. The van der Waals surface area contributed by atoms with Gasteiger partial charge in [0.15, 0.2) is 0 Å². The van der Waals surface area contributed by atoms with Gasteiger partial charge < -0.3 is 19.3 Å². The molecule has 168 valence electrons. The van der Waals surface area contributed by atoms with E-state index in [0.29, 0.717) is 26.4 Å². The van der Waals surface area contributed by atoms with Crippen LogP contribution in [0.25, 0.3) is 0 Å². The number of fused-ring (bicyclic) bond motifs is 3. The highest BCUT2D eigenvalue weighted by Gasteiger charge is 2.79. The van der Waals surface area contributed by atoms with Crippen LogP contribution in [0.1, 0.15) is 26.7 Å². The van der Waals surface area contributed by atoms with Gasteiger partial charge in [-0.1, -0.05) is 36.8 Å². The van der Waals surface area contributed by atoms with Crippen molar-refractivity contribution in [1.29, 1.82) is 0 Å². The molecule has 0 radical (unpaired) electrons. The Hall–Kier alpha value is -2.18. The lowest BCUT2D eigenvalue weighted by Crippen LogP contribution is -2.71. The standard InChI is InChI=1S/C26H30N2O4/c1-15-9-16-6-8-25(22(30)27(16)3)13-32-14-26(25)19(15)20-18-11-31-12-24(18)7-5-17(10-23(20,26)2)28(4)21(24)29/h5-8,16-17H,9-14H2,1-4H3/b19-15-,20-18-/t16-,17-,23+,24-,25+,26+/m1/s1. The Morgan fingerprint density at radius 2 is 1.69 bits per heavy atom. The zero-order chi connectivity index (χ0) is 22.3. The molecule has 9 aliphatic rings. The van der Waals surface area contributed by atoms with Crippen molar-refractivity contribution in [1.82, 2.24) is 9.80 Å². The minimum absolute atomic E-state index is 0.00254. The van der Waals surface area contributed by atoms with E-state index < -0.39 is 16.2 Å². The number of hydrogen-bond donors (Lipinski definition) is 0. The van der Waals surface area contributed by atoms with Gasteiger partial charge in [0.1, 0.15) is 10.8 Å². The van der Waals surface area contributed by atoms with Crippen LogP contribution in [0.3, 0.4) is 0 Å². The number of carbonyl (C=O) groups is 2. The van der Waals surface area contributed by atoms with E-state index in [1.807, 2.05) is 23.9 Å². The smallest absolute Gasteiger partial charge is 0.239 e. The van der Waals surface area contributed by atoms with Crippen LogP contribution in [0, 0.1) is 21.7 Å². The van der Waals surface area contributed by atoms with Crippen LogP contribution in [-0.4, -0.2) is 74.2 Å². The maximum atomic E-state index is 14.0. The third kappa shape index (κ3) is 1.66. The zero-order valence-corrected chi connectivity index (χ0v) is 19.2. The third-order valence-corrected chi connectivity index (χ3v) is 10.2. The van der Waals surface area contributed by atoms with E-state index in [9.17, 15) is 9.59 Å². The van der Waals surface area contributed by atoms with Crippen molar-refractivity contribution < 1.29 is 19.1 Å². The third-order valence-electron chi connectivity index (χ3n) is 10.2. The van der Waals surface area contributed by atoms with Gasteiger partial charge in [0.05, 0.1) is 38.5 Å². The van der Waals surface area contributed by atoms with E-state index in [4.69, 9.17) is 9.47 Å². The number of amides is 2. The van der Waals surface area contributed by atoms with Gasteiger partial charge >= 0.3 is 0 Å². The molecule has 9 rings (SSSR count). The molecule has 0 aromatic rings. The van der Waals surface area contributed by atoms with Crippen molar-refractivity contribution in [3.63, 3.8) is 0 Å². The first-order valence-corrected chi connectivity index (χ1v) is 11.8. The van der Waals surface area contributed by atoms with Crippen LogP contribution in [-0.2, 0) is 19.1 Å². The molecule has 6 aliphatic heterocycles. The van der Waals surface area contributed by atoms with Gasteiger partial charge in [-0.2, -0.15) is 0 Å². The monoisotopic (exact) mass is 434 g/mol. The number of ether oxygens (including phenoxy) is 2. The molecule has 0 unspecified atom stereocenters. The molecule has 2 amide bonds. The summed E-state index contributed by atoms with van der Waals surface area (Å²) in [7, 11) is 3.86. The highest BCUT2D eigenvalue weighted by atomic mass is 16.5. The van der Waals surface area contributed by atoms with E-state index >= 15 is 0 Å². The number of likely N-dealkylation sites (N-methyl/N-ethyl adjacent to an activating group) is 2. The van der Waals surface area contributed by atoms with Crippen molar-refractivity contribution >= 4 is 11.8 Å². The van der Waals surface area contributed by atoms with Crippen LogP contribution < -0.4 is 0 Å². The number of nitrogens with zero attached hydrogens (tertiary/aromatic N) is 2. The predicted octanol–water partition coefficient (Wildman–Crippen LogP) is 2.24. The average Bonchev–Trinajstić information content (AvgIpc) is 3.35. The Morgan fingerprint density at radius 1 is 0.938 bits per heavy atom. The Balaban J connectivity index is 1.59. The largest absolute Gasteiger partial charge is 0.379 e. The molecule has 3 spiro atoms. The summed E-state index contributed by atoms with van der Waals surface area (Å²) in [5.41, 5.74) is 2.94. The van der Waals surface area contributed by atoms with E-state index in [2.05, 4.69) is 38.2 Å². The first-order valence-electron chi connectivity index (χ1n) is 11.8. The number of allylic oxidation sites excluding steroid dienone is 1. The van der Waals surface area contributed by atoms with Crippen molar-refractivity contribution in [3.05, 3.63) is 46.6 Å². The lowest BCUT2D eigenvalue weighted by molar-refractivity contribution is -0.154. The summed E-state index contributed by atoms with van der Waals surface area (Å²) in [6, 6.07) is 0.0749. The van der Waals surface area contributed by atoms with Gasteiger partial charge in [0.25, 0.3) is 0 Å². The molecule has 3 aliphatic carbocycles. The average molecular weight is 435 g/mol. The Morgan fingerprint density at radius 3 is 2.50 bits per heavy atom. The predicted molar refractivity (Wildman–Crippen MR) is 117 cm³/mol. The summed E-state index contributed by atoms with van der Waals surface area (Å²) < 4.78 is 12.3. The summed E-state index contributed by atoms with van der Waals surface area (Å²) in [5, 5.41) is 0. The molecule has 6 heterocycles. The first kappa shape index (κ1) is 19.3. The first-order chi connectivity index (χ1) is 15.2. The lowest BCUT2D eigenvalue weighted by atomic mass is 9.33. The molecule has 6 atom stereocenters. The quantitative estimate of drug-likeness (QED) is 0.549. The maximum Gasteiger partial charge on any atom is 0.239 e. The summed E-state index contributed by atoms with van der Waals surface area (Å²) in [5.74, 6) is 0.328. The molecule has 6 nitrogen and oxygen atoms in total. The molecule has 0 N–H and O–H groups in total. The van der Waals surface area contributed by atoms with Crippen molar-refractivity contribution in [2.45, 2.75) is 38.8 Å². The van der Waals surface area contributed by atoms with E-state index in [-0.39, 0.29) is 29.3 Å². The Labute approximate surface area is 188 Å². The van der Waals surface area contributed by atoms with Gasteiger partial charge in [-0.15, -0.1) is 0 Å². The minimum Gasteiger partial charge on any atom is -0.379 e. The normalized spacial score (nSPS) is 52.8. The zero-order valence-electron chi connectivity index (χ0n) is 19.2. The second-order valence-corrected chi connectivity index (χ2v) is 11.3. The summed E-state index contributed by atoms with van der Waals surface area (Å²) in [6.45, 7) is 6.41. The molecule has 6 heteroatoms. The lowest BCUT2D eigenvalue weighted by Gasteiger charge is -2.69. The Kier molecular flexibility index (Phi) is 3.30. The van der Waals surface area contributed by atoms with Crippen molar-refractivity contribution in [2.75, 3.05) is 40.5 Å². The highest BCUT2D eigenvalue weighted by molar-refractivity contribution is 5.94. The second-order valence-electron chi connectivity index (χ2n) is 11.3. The Bertz CT molecular complexity index is 1130. The molecular weight excluding hydrogens is 404 g/mol. The summed E-state index contributed by atoms with van der Waals surface area (Å²) in [4.78, 5) is 31.4.